The number of aromatic nitrogens is 3. The SMILES string of the molecule is COc1ccc(CC(=O)NCCCc2nnc(SC)n2C2CCCC2)cc1F. The van der Waals surface area contributed by atoms with Gasteiger partial charge >= 0.3 is 0 Å². The largest absolute Gasteiger partial charge is 0.494 e. The van der Waals surface area contributed by atoms with Gasteiger partial charge in [0.2, 0.25) is 5.91 Å². The Labute approximate surface area is 169 Å². The Hall–Kier alpha value is -2.09. The molecule has 1 aromatic heterocycles. The van der Waals surface area contributed by atoms with Gasteiger partial charge in [-0.25, -0.2) is 4.39 Å². The average molecular weight is 407 g/mol. The zero-order chi connectivity index (χ0) is 19.9. The van der Waals surface area contributed by atoms with E-state index in [0.717, 1.165) is 23.8 Å². The van der Waals surface area contributed by atoms with E-state index in [2.05, 4.69) is 20.1 Å². The van der Waals surface area contributed by atoms with E-state index in [4.69, 9.17) is 4.74 Å². The van der Waals surface area contributed by atoms with E-state index >= 15 is 0 Å². The molecule has 0 bridgehead atoms. The molecule has 1 fully saturated rings. The lowest BCUT2D eigenvalue weighted by atomic mass is 10.1. The average Bonchev–Trinajstić information content (AvgIpc) is 3.34. The number of amides is 1. The summed E-state index contributed by atoms with van der Waals surface area (Å²) in [5.41, 5.74) is 0.626. The number of nitrogens with one attached hydrogen (secondary N) is 1. The number of aryl methyl sites for hydroxylation is 1. The van der Waals surface area contributed by atoms with Crippen LogP contribution in [0.2, 0.25) is 0 Å². The maximum absolute atomic E-state index is 13.7. The molecule has 28 heavy (non-hydrogen) atoms. The van der Waals surface area contributed by atoms with Crippen molar-refractivity contribution in [3.63, 3.8) is 0 Å². The van der Waals surface area contributed by atoms with Crippen molar-refractivity contribution in [2.45, 2.75) is 56.1 Å². The first-order valence-electron chi connectivity index (χ1n) is 9.69. The van der Waals surface area contributed by atoms with Crippen molar-refractivity contribution in [3.05, 3.63) is 35.4 Å². The molecule has 1 amide bonds. The van der Waals surface area contributed by atoms with E-state index in [1.165, 1.54) is 44.9 Å². The zero-order valence-electron chi connectivity index (χ0n) is 16.4. The molecule has 2 aromatic rings. The second-order valence-electron chi connectivity index (χ2n) is 7.01. The number of halogens is 1. The van der Waals surface area contributed by atoms with Crippen LogP contribution in [0, 0.1) is 5.82 Å². The van der Waals surface area contributed by atoms with E-state index in [9.17, 15) is 9.18 Å². The number of hydrogen-bond acceptors (Lipinski definition) is 5. The Kier molecular flexibility index (Phi) is 7.30. The fourth-order valence-corrected chi connectivity index (χ4v) is 4.26. The Morgan fingerprint density at radius 1 is 1.36 bits per heavy atom. The number of nitrogens with zero attached hydrogens (tertiary/aromatic N) is 3. The van der Waals surface area contributed by atoms with E-state index in [1.807, 2.05) is 6.26 Å². The van der Waals surface area contributed by atoms with Crippen LogP contribution < -0.4 is 10.1 Å². The molecular formula is C20H27FN4O2S. The van der Waals surface area contributed by atoms with Gasteiger partial charge in [0.05, 0.1) is 13.5 Å². The number of thioether (sulfide) groups is 1. The van der Waals surface area contributed by atoms with Gasteiger partial charge in [0.25, 0.3) is 0 Å². The lowest BCUT2D eigenvalue weighted by molar-refractivity contribution is -0.120. The first kappa shape index (κ1) is 20.6. The van der Waals surface area contributed by atoms with Gasteiger partial charge in [0.15, 0.2) is 16.7 Å². The second-order valence-corrected chi connectivity index (χ2v) is 7.78. The van der Waals surface area contributed by atoms with Crippen LogP contribution in [0.1, 0.15) is 49.5 Å². The number of methoxy groups -OCH3 is 1. The van der Waals surface area contributed by atoms with Crippen molar-refractivity contribution in [2.75, 3.05) is 19.9 Å². The van der Waals surface area contributed by atoms with Gasteiger partial charge in [-0.3, -0.25) is 4.79 Å². The molecule has 0 unspecified atom stereocenters. The highest BCUT2D eigenvalue weighted by molar-refractivity contribution is 7.98. The van der Waals surface area contributed by atoms with E-state index < -0.39 is 5.82 Å². The van der Waals surface area contributed by atoms with Crippen LogP contribution in [0.25, 0.3) is 0 Å². The third-order valence-corrected chi connectivity index (χ3v) is 5.73. The first-order chi connectivity index (χ1) is 13.6. The van der Waals surface area contributed by atoms with Crippen LogP contribution in [0.15, 0.2) is 23.4 Å². The van der Waals surface area contributed by atoms with Crippen LogP contribution in [-0.2, 0) is 17.6 Å². The number of carbonyl (C=O) groups excluding carboxylic acids is 1. The van der Waals surface area contributed by atoms with Gasteiger partial charge in [-0.1, -0.05) is 30.7 Å². The molecule has 1 aliphatic carbocycles. The predicted octanol–water partition coefficient (Wildman–Crippen LogP) is 3.55. The number of ether oxygens (including phenoxy) is 1. The molecule has 1 saturated carbocycles. The van der Waals surface area contributed by atoms with Crippen molar-refractivity contribution >= 4 is 17.7 Å². The van der Waals surface area contributed by atoms with E-state index in [-0.39, 0.29) is 18.1 Å². The molecule has 1 N–H and O–H groups in total. The minimum Gasteiger partial charge on any atom is -0.494 e. The highest BCUT2D eigenvalue weighted by Crippen LogP contribution is 2.33. The topological polar surface area (TPSA) is 69.0 Å². The summed E-state index contributed by atoms with van der Waals surface area (Å²) in [5.74, 6) is 0.609. The second kappa shape index (κ2) is 9.91. The Morgan fingerprint density at radius 2 is 2.14 bits per heavy atom. The number of hydrogen-bond donors (Lipinski definition) is 1. The highest BCUT2D eigenvalue weighted by Gasteiger charge is 2.23. The molecule has 6 nitrogen and oxygen atoms in total. The lowest BCUT2D eigenvalue weighted by Gasteiger charge is -2.16. The van der Waals surface area contributed by atoms with Crippen LogP contribution in [-0.4, -0.2) is 40.6 Å². The molecule has 0 radical (unpaired) electrons. The summed E-state index contributed by atoms with van der Waals surface area (Å²) in [6.07, 6.45) is 8.65. The summed E-state index contributed by atoms with van der Waals surface area (Å²) in [6.45, 7) is 0.559. The summed E-state index contributed by atoms with van der Waals surface area (Å²) in [5, 5.41) is 12.6. The third kappa shape index (κ3) is 5.04. The first-order valence-corrected chi connectivity index (χ1v) is 10.9. The molecule has 8 heteroatoms. The normalized spacial score (nSPS) is 14.4. The third-order valence-electron chi connectivity index (χ3n) is 5.09. The smallest absolute Gasteiger partial charge is 0.224 e. The van der Waals surface area contributed by atoms with E-state index in [0.29, 0.717) is 18.2 Å². The monoisotopic (exact) mass is 406 g/mol. The molecular weight excluding hydrogens is 379 g/mol. The van der Waals surface area contributed by atoms with Crippen LogP contribution >= 0.6 is 11.8 Å². The minimum atomic E-state index is -0.455. The molecule has 0 saturated heterocycles. The van der Waals surface area contributed by atoms with Crippen molar-refractivity contribution in [2.24, 2.45) is 0 Å². The molecule has 0 atom stereocenters. The van der Waals surface area contributed by atoms with Gasteiger partial charge in [0, 0.05) is 19.0 Å². The molecule has 1 aliphatic rings. The molecule has 1 aromatic carbocycles. The fourth-order valence-electron chi connectivity index (χ4n) is 3.69. The Bertz CT molecular complexity index is 805. The van der Waals surface area contributed by atoms with Crippen molar-refractivity contribution in [1.29, 1.82) is 0 Å². The van der Waals surface area contributed by atoms with Gasteiger partial charge in [-0.05, 0) is 43.2 Å². The van der Waals surface area contributed by atoms with Crippen molar-refractivity contribution < 1.29 is 13.9 Å². The van der Waals surface area contributed by atoms with Crippen LogP contribution in [0.4, 0.5) is 4.39 Å². The minimum absolute atomic E-state index is 0.119. The van der Waals surface area contributed by atoms with E-state index in [1.54, 1.807) is 17.8 Å². The summed E-state index contributed by atoms with van der Waals surface area (Å²) < 4.78 is 20.9. The molecule has 152 valence electrons. The predicted molar refractivity (Wildman–Crippen MR) is 107 cm³/mol. The fraction of sp³-hybridized carbons (Fsp3) is 0.550. The number of benzene rings is 1. The standard InChI is InChI=1S/C20H27FN4O2S/c1-27-17-10-9-14(12-16(17)21)13-19(26)22-11-5-8-18-23-24-20(28-2)25(18)15-6-3-4-7-15/h9-10,12,15H,3-8,11,13H2,1-2H3,(H,22,26). The van der Waals surface area contributed by atoms with Crippen molar-refractivity contribution in [3.8, 4) is 5.75 Å². The number of carbonyl (C=O) groups is 1. The summed E-state index contributed by atoms with van der Waals surface area (Å²) in [7, 11) is 1.42. The van der Waals surface area contributed by atoms with Crippen molar-refractivity contribution in [1.82, 2.24) is 20.1 Å². The molecule has 0 spiro atoms. The zero-order valence-corrected chi connectivity index (χ0v) is 17.2. The lowest BCUT2D eigenvalue weighted by Crippen LogP contribution is -2.26. The van der Waals surface area contributed by atoms with Gasteiger partial charge in [0.1, 0.15) is 5.82 Å². The quantitative estimate of drug-likeness (QED) is 0.509. The highest BCUT2D eigenvalue weighted by atomic mass is 32.2. The molecule has 0 aliphatic heterocycles. The maximum Gasteiger partial charge on any atom is 0.224 e. The van der Waals surface area contributed by atoms with Gasteiger partial charge in [-0.2, -0.15) is 0 Å². The molecule has 1 heterocycles. The Morgan fingerprint density at radius 3 is 2.82 bits per heavy atom. The molecule has 3 rings (SSSR count). The summed E-state index contributed by atoms with van der Waals surface area (Å²) in [6, 6.07) is 5.09. The Balaban J connectivity index is 1.47. The van der Waals surface area contributed by atoms with Crippen LogP contribution in [0.3, 0.4) is 0 Å². The van der Waals surface area contributed by atoms with Gasteiger partial charge < -0.3 is 14.6 Å². The maximum atomic E-state index is 13.7. The summed E-state index contributed by atoms with van der Waals surface area (Å²) >= 11 is 1.63. The summed E-state index contributed by atoms with van der Waals surface area (Å²) in [4.78, 5) is 12.1. The number of rotatable bonds is 9. The van der Waals surface area contributed by atoms with Crippen LogP contribution in [0.5, 0.6) is 5.75 Å². The van der Waals surface area contributed by atoms with Gasteiger partial charge in [-0.15, -0.1) is 10.2 Å².